The largest absolute Gasteiger partial charge is 0.494 e. The van der Waals surface area contributed by atoms with Gasteiger partial charge < -0.3 is 9.47 Å². The summed E-state index contributed by atoms with van der Waals surface area (Å²) in [4.78, 5) is 0.695. The van der Waals surface area contributed by atoms with Gasteiger partial charge in [0.15, 0.2) is 0 Å². The lowest BCUT2D eigenvalue weighted by molar-refractivity contribution is 0.323. The highest BCUT2D eigenvalue weighted by atomic mass is 32.2. The van der Waals surface area contributed by atoms with E-state index >= 15 is 0 Å². The summed E-state index contributed by atoms with van der Waals surface area (Å²) in [5, 5.41) is 18.5. The molecule has 2 aromatic carbocycles. The van der Waals surface area contributed by atoms with Gasteiger partial charge in [-0.1, -0.05) is 6.07 Å². The average molecular weight is 340 g/mol. The Morgan fingerprint density at radius 1 is 1.00 bits per heavy atom. The second-order valence-corrected chi connectivity index (χ2v) is 6.06. The van der Waals surface area contributed by atoms with E-state index in [1.54, 1.807) is 30.3 Å². The van der Waals surface area contributed by atoms with Gasteiger partial charge in [0.05, 0.1) is 44.9 Å². The van der Waals surface area contributed by atoms with Gasteiger partial charge in [-0.25, -0.2) is 4.21 Å². The molecule has 0 saturated heterocycles. The quantitative estimate of drug-likeness (QED) is 0.805. The SMILES string of the molecule is CCOc1ccc(OCC)c(S(=O)c2cccc(C#N)c2C#N)c1. The van der Waals surface area contributed by atoms with E-state index in [4.69, 9.17) is 14.7 Å². The van der Waals surface area contributed by atoms with E-state index in [2.05, 4.69) is 0 Å². The highest BCUT2D eigenvalue weighted by molar-refractivity contribution is 7.85. The zero-order valence-electron chi connectivity index (χ0n) is 13.4. The molecular formula is C18H16N2O3S. The number of benzene rings is 2. The molecule has 0 bridgehead atoms. The maximum absolute atomic E-state index is 13.1. The molecule has 0 fully saturated rings. The molecular weight excluding hydrogens is 324 g/mol. The molecule has 0 amide bonds. The van der Waals surface area contributed by atoms with E-state index in [0.717, 1.165) is 0 Å². The molecule has 0 spiro atoms. The van der Waals surface area contributed by atoms with Crippen LogP contribution >= 0.6 is 0 Å². The van der Waals surface area contributed by atoms with Crippen molar-refractivity contribution in [2.24, 2.45) is 0 Å². The van der Waals surface area contributed by atoms with Crippen LogP contribution in [0.5, 0.6) is 11.5 Å². The Balaban J connectivity index is 2.59. The standard InChI is InChI=1S/C18H16N2O3S/c1-3-22-14-8-9-16(23-4-2)18(10-14)24(21)17-7-5-6-13(11-19)15(17)12-20/h5-10H,3-4H2,1-2H3. The Bertz CT molecular complexity index is 850. The fourth-order valence-corrected chi connectivity index (χ4v) is 3.49. The second-order valence-electron chi connectivity index (χ2n) is 4.65. The highest BCUT2D eigenvalue weighted by Gasteiger charge is 2.19. The third kappa shape index (κ3) is 3.56. The normalized spacial score (nSPS) is 11.2. The van der Waals surface area contributed by atoms with Crippen LogP contribution in [0, 0.1) is 22.7 Å². The van der Waals surface area contributed by atoms with E-state index in [1.165, 1.54) is 6.07 Å². The van der Waals surface area contributed by atoms with Crippen molar-refractivity contribution in [3.63, 3.8) is 0 Å². The first-order valence-corrected chi connectivity index (χ1v) is 8.55. The van der Waals surface area contributed by atoms with Gasteiger partial charge in [-0.15, -0.1) is 0 Å². The average Bonchev–Trinajstić information content (AvgIpc) is 2.62. The first-order valence-electron chi connectivity index (χ1n) is 7.40. The molecule has 2 rings (SSSR count). The summed E-state index contributed by atoms with van der Waals surface area (Å²) < 4.78 is 24.1. The maximum atomic E-state index is 13.1. The summed E-state index contributed by atoms with van der Waals surface area (Å²) in [5.74, 6) is 1.03. The van der Waals surface area contributed by atoms with Gasteiger partial charge in [-0.3, -0.25) is 0 Å². The predicted molar refractivity (Wildman–Crippen MR) is 89.3 cm³/mol. The van der Waals surface area contributed by atoms with Crippen LogP contribution in [-0.4, -0.2) is 17.4 Å². The molecule has 0 radical (unpaired) electrons. The minimum Gasteiger partial charge on any atom is -0.494 e. The zero-order chi connectivity index (χ0) is 17.5. The third-order valence-corrected chi connectivity index (χ3v) is 4.64. The smallest absolute Gasteiger partial charge is 0.136 e. The minimum absolute atomic E-state index is 0.114. The van der Waals surface area contributed by atoms with Crippen LogP contribution in [0.4, 0.5) is 0 Å². The Morgan fingerprint density at radius 2 is 1.75 bits per heavy atom. The van der Waals surface area contributed by atoms with E-state index in [9.17, 15) is 9.47 Å². The Morgan fingerprint density at radius 3 is 2.38 bits per heavy atom. The third-order valence-electron chi connectivity index (χ3n) is 3.18. The Labute approximate surface area is 143 Å². The van der Waals surface area contributed by atoms with Gasteiger partial charge in [0, 0.05) is 6.07 Å². The molecule has 0 aromatic heterocycles. The topological polar surface area (TPSA) is 83.1 Å². The van der Waals surface area contributed by atoms with E-state index in [-0.39, 0.29) is 16.0 Å². The fourth-order valence-electron chi connectivity index (χ4n) is 2.18. The molecule has 0 aliphatic carbocycles. The predicted octanol–water partition coefficient (Wildman–Crippen LogP) is 3.39. The molecule has 24 heavy (non-hydrogen) atoms. The number of ether oxygens (including phenoxy) is 2. The molecule has 0 N–H and O–H groups in total. The maximum Gasteiger partial charge on any atom is 0.136 e. The van der Waals surface area contributed by atoms with Crippen LogP contribution in [0.25, 0.3) is 0 Å². The van der Waals surface area contributed by atoms with Crippen LogP contribution < -0.4 is 9.47 Å². The van der Waals surface area contributed by atoms with Crippen molar-refractivity contribution < 1.29 is 13.7 Å². The molecule has 1 unspecified atom stereocenters. The van der Waals surface area contributed by atoms with Crippen LogP contribution in [0.3, 0.4) is 0 Å². The van der Waals surface area contributed by atoms with Gasteiger partial charge in [-0.2, -0.15) is 10.5 Å². The van der Waals surface area contributed by atoms with Crippen LogP contribution in [0.1, 0.15) is 25.0 Å². The summed E-state index contributed by atoms with van der Waals surface area (Å²) in [6, 6.07) is 13.7. The van der Waals surface area contributed by atoms with Crippen LogP contribution in [0.15, 0.2) is 46.2 Å². The van der Waals surface area contributed by atoms with Gasteiger partial charge in [0.25, 0.3) is 0 Å². The number of nitriles is 2. The van der Waals surface area contributed by atoms with Crippen molar-refractivity contribution >= 4 is 10.8 Å². The lowest BCUT2D eigenvalue weighted by Gasteiger charge is -2.13. The molecule has 5 nitrogen and oxygen atoms in total. The summed E-state index contributed by atoms with van der Waals surface area (Å²) in [5.41, 5.74) is 0.310. The lowest BCUT2D eigenvalue weighted by atomic mass is 10.1. The monoisotopic (exact) mass is 340 g/mol. The number of hydrogen-bond donors (Lipinski definition) is 0. The molecule has 122 valence electrons. The first-order chi connectivity index (χ1) is 11.7. The summed E-state index contributed by atoms with van der Waals surface area (Å²) >= 11 is 0. The molecule has 0 aliphatic rings. The summed E-state index contributed by atoms with van der Waals surface area (Å²) in [6.07, 6.45) is 0. The van der Waals surface area contributed by atoms with E-state index < -0.39 is 10.8 Å². The molecule has 0 saturated carbocycles. The summed E-state index contributed by atoms with van der Waals surface area (Å²) in [7, 11) is -1.68. The number of hydrogen-bond acceptors (Lipinski definition) is 5. The molecule has 0 heterocycles. The van der Waals surface area contributed by atoms with Crippen LogP contribution in [-0.2, 0) is 10.8 Å². The van der Waals surface area contributed by atoms with Crippen molar-refractivity contribution in [2.45, 2.75) is 23.6 Å². The second kappa shape index (κ2) is 8.14. The van der Waals surface area contributed by atoms with E-state index in [0.29, 0.717) is 29.6 Å². The zero-order valence-corrected chi connectivity index (χ0v) is 14.2. The molecule has 2 aromatic rings. The van der Waals surface area contributed by atoms with Crippen molar-refractivity contribution in [3.05, 3.63) is 47.5 Å². The van der Waals surface area contributed by atoms with Crippen molar-refractivity contribution in [3.8, 4) is 23.6 Å². The highest BCUT2D eigenvalue weighted by Crippen LogP contribution is 2.32. The van der Waals surface area contributed by atoms with Gasteiger partial charge in [0.1, 0.15) is 23.6 Å². The minimum atomic E-state index is -1.68. The van der Waals surface area contributed by atoms with Gasteiger partial charge in [-0.05, 0) is 38.1 Å². The first kappa shape index (κ1) is 17.5. The fraction of sp³-hybridized carbons (Fsp3) is 0.222. The molecule has 6 heteroatoms. The van der Waals surface area contributed by atoms with Crippen molar-refractivity contribution in [2.75, 3.05) is 13.2 Å². The molecule has 0 aliphatic heterocycles. The number of nitrogens with zero attached hydrogens (tertiary/aromatic N) is 2. The van der Waals surface area contributed by atoms with Crippen LogP contribution in [0.2, 0.25) is 0 Å². The number of rotatable bonds is 6. The van der Waals surface area contributed by atoms with E-state index in [1.807, 2.05) is 26.0 Å². The summed E-state index contributed by atoms with van der Waals surface area (Å²) in [6.45, 7) is 4.59. The Hall–Kier alpha value is -2.83. The van der Waals surface area contributed by atoms with Crippen molar-refractivity contribution in [1.82, 2.24) is 0 Å². The lowest BCUT2D eigenvalue weighted by Crippen LogP contribution is -2.03. The molecule has 1 atom stereocenters. The van der Waals surface area contributed by atoms with Gasteiger partial charge in [0.2, 0.25) is 0 Å². The Kier molecular flexibility index (Phi) is 5.95. The van der Waals surface area contributed by atoms with Crippen molar-refractivity contribution in [1.29, 1.82) is 10.5 Å². The van der Waals surface area contributed by atoms with Gasteiger partial charge >= 0.3 is 0 Å².